The standard InChI is InChI=1S/C12H22N2/c1-2-6-12(5-1)9-14(10-12)8-7-13-11-3-4-11/h11,13H,1-10H2. The maximum absolute atomic E-state index is 3.59. The van der Waals surface area contributed by atoms with Crippen molar-refractivity contribution in [3.63, 3.8) is 0 Å². The molecule has 0 aromatic heterocycles. The van der Waals surface area contributed by atoms with Crippen molar-refractivity contribution in [2.75, 3.05) is 26.2 Å². The molecule has 1 saturated heterocycles. The van der Waals surface area contributed by atoms with E-state index in [1.54, 1.807) is 0 Å². The summed E-state index contributed by atoms with van der Waals surface area (Å²) in [4.78, 5) is 2.64. The smallest absolute Gasteiger partial charge is 0.0107 e. The molecule has 80 valence electrons. The molecule has 0 aromatic rings. The molecule has 1 N–H and O–H groups in total. The lowest BCUT2D eigenvalue weighted by Gasteiger charge is -2.48. The number of hydrogen-bond donors (Lipinski definition) is 1. The van der Waals surface area contributed by atoms with Crippen LogP contribution in [0.1, 0.15) is 38.5 Å². The summed E-state index contributed by atoms with van der Waals surface area (Å²) < 4.78 is 0. The average molecular weight is 194 g/mol. The summed E-state index contributed by atoms with van der Waals surface area (Å²) in [7, 11) is 0. The molecule has 1 aliphatic heterocycles. The van der Waals surface area contributed by atoms with Crippen LogP contribution in [-0.2, 0) is 0 Å². The first kappa shape index (κ1) is 9.17. The van der Waals surface area contributed by atoms with Gasteiger partial charge in [-0.25, -0.2) is 0 Å². The van der Waals surface area contributed by atoms with Crippen LogP contribution in [0, 0.1) is 5.41 Å². The Morgan fingerprint density at radius 2 is 1.86 bits per heavy atom. The molecule has 0 aromatic carbocycles. The predicted octanol–water partition coefficient (Wildman–Crippen LogP) is 1.61. The van der Waals surface area contributed by atoms with Gasteiger partial charge in [-0.15, -0.1) is 0 Å². The van der Waals surface area contributed by atoms with Crippen molar-refractivity contribution < 1.29 is 0 Å². The second-order valence-corrected chi connectivity index (χ2v) is 5.65. The second kappa shape index (κ2) is 3.49. The molecular weight excluding hydrogens is 172 g/mol. The van der Waals surface area contributed by atoms with Gasteiger partial charge in [0.1, 0.15) is 0 Å². The molecule has 3 aliphatic rings. The summed E-state index contributed by atoms with van der Waals surface area (Å²) in [6.45, 7) is 5.32. The van der Waals surface area contributed by atoms with Crippen molar-refractivity contribution >= 4 is 0 Å². The number of likely N-dealkylation sites (tertiary alicyclic amines) is 1. The van der Waals surface area contributed by atoms with Crippen molar-refractivity contribution in [1.29, 1.82) is 0 Å². The Balaban J connectivity index is 1.33. The third-order valence-corrected chi connectivity index (χ3v) is 4.22. The molecule has 0 amide bonds. The van der Waals surface area contributed by atoms with Gasteiger partial charge in [0.25, 0.3) is 0 Å². The predicted molar refractivity (Wildman–Crippen MR) is 58.4 cm³/mol. The first-order chi connectivity index (χ1) is 6.86. The van der Waals surface area contributed by atoms with Gasteiger partial charge in [0, 0.05) is 32.2 Å². The zero-order valence-electron chi connectivity index (χ0n) is 9.10. The maximum atomic E-state index is 3.59. The van der Waals surface area contributed by atoms with Crippen molar-refractivity contribution in [2.24, 2.45) is 5.41 Å². The average Bonchev–Trinajstić information content (AvgIpc) is 2.80. The summed E-state index contributed by atoms with van der Waals surface area (Å²) in [6, 6.07) is 0.886. The van der Waals surface area contributed by atoms with Gasteiger partial charge >= 0.3 is 0 Å². The molecule has 0 bridgehead atoms. The van der Waals surface area contributed by atoms with E-state index >= 15 is 0 Å². The van der Waals surface area contributed by atoms with Gasteiger partial charge in [0.2, 0.25) is 0 Å². The molecular formula is C12H22N2. The van der Waals surface area contributed by atoms with E-state index in [-0.39, 0.29) is 0 Å². The third kappa shape index (κ3) is 1.82. The van der Waals surface area contributed by atoms with Crippen LogP contribution < -0.4 is 5.32 Å². The molecule has 2 nitrogen and oxygen atoms in total. The highest BCUT2D eigenvalue weighted by molar-refractivity contribution is 4.97. The summed E-state index contributed by atoms with van der Waals surface area (Å²) in [6.07, 6.45) is 8.86. The number of rotatable bonds is 4. The highest BCUT2D eigenvalue weighted by Gasteiger charge is 2.43. The van der Waals surface area contributed by atoms with Gasteiger partial charge in [-0.1, -0.05) is 12.8 Å². The van der Waals surface area contributed by atoms with Gasteiger partial charge in [-0.2, -0.15) is 0 Å². The van der Waals surface area contributed by atoms with E-state index < -0.39 is 0 Å². The van der Waals surface area contributed by atoms with Crippen LogP contribution in [0.3, 0.4) is 0 Å². The Hall–Kier alpha value is -0.0800. The molecule has 2 heteroatoms. The van der Waals surface area contributed by atoms with Gasteiger partial charge in [-0.3, -0.25) is 0 Å². The molecule has 1 spiro atoms. The zero-order chi connectivity index (χ0) is 9.43. The molecule has 2 aliphatic carbocycles. The van der Waals surface area contributed by atoms with E-state index in [1.807, 2.05) is 0 Å². The Morgan fingerprint density at radius 3 is 2.50 bits per heavy atom. The summed E-state index contributed by atoms with van der Waals surface area (Å²) in [5.41, 5.74) is 0.791. The van der Waals surface area contributed by atoms with E-state index in [9.17, 15) is 0 Å². The Labute approximate surface area is 87.0 Å². The SMILES string of the molecule is C1CCC2(C1)CN(CCNC1CC1)C2. The lowest BCUT2D eigenvalue weighted by atomic mass is 9.78. The Kier molecular flexibility index (Phi) is 2.29. The molecule has 1 heterocycles. The number of hydrogen-bond acceptors (Lipinski definition) is 2. The lowest BCUT2D eigenvalue weighted by molar-refractivity contribution is 0.00736. The van der Waals surface area contributed by atoms with E-state index in [4.69, 9.17) is 0 Å². The zero-order valence-corrected chi connectivity index (χ0v) is 9.10. The largest absolute Gasteiger partial charge is 0.313 e. The van der Waals surface area contributed by atoms with Crippen LogP contribution >= 0.6 is 0 Å². The van der Waals surface area contributed by atoms with Gasteiger partial charge in [0.05, 0.1) is 0 Å². The molecule has 0 radical (unpaired) electrons. The fourth-order valence-corrected chi connectivity index (χ4v) is 3.22. The van der Waals surface area contributed by atoms with Crippen LogP contribution in [0.2, 0.25) is 0 Å². The highest BCUT2D eigenvalue weighted by Crippen LogP contribution is 2.45. The second-order valence-electron chi connectivity index (χ2n) is 5.65. The maximum Gasteiger partial charge on any atom is 0.0107 e. The van der Waals surface area contributed by atoms with Crippen LogP contribution in [0.4, 0.5) is 0 Å². The minimum Gasteiger partial charge on any atom is -0.313 e. The quantitative estimate of drug-likeness (QED) is 0.731. The minimum absolute atomic E-state index is 0.791. The van der Waals surface area contributed by atoms with E-state index in [1.165, 1.54) is 64.7 Å². The van der Waals surface area contributed by atoms with E-state index in [0.29, 0.717) is 0 Å². The summed E-state index contributed by atoms with van der Waals surface area (Å²) in [5.74, 6) is 0. The van der Waals surface area contributed by atoms with Crippen LogP contribution in [0.15, 0.2) is 0 Å². The fourth-order valence-electron chi connectivity index (χ4n) is 3.22. The fraction of sp³-hybridized carbons (Fsp3) is 1.00. The van der Waals surface area contributed by atoms with Crippen LogP contribution in [0.25, 0.3) is 0 Å². The number of nitrogens with zero attached hydrogens (tertiary/aromatic N) is 1. The molecule has 2 saturated carbocycles. The molecule has 14 heavy (non-hydrogen) atoms. The van der Waals surface area contributed by atoms with E-state index in [0.717, 1.165) is 11.5 Å². The van der Waals surface area contributed by atoms with Gasteiger partial charge in [0.15, 0.2) is 0 Å². The Morgan fingerprint density at radius 1 is 1.14 bits per heavy atom. The number of nitrogens with one attached hydrogen (secondary N) is 1. The van der Waals surface area contributed by atoms with Crippen molar-refractivity contribution in [3.8, 4) is 0 Å². The van der Waals surface area contributed by atoms with Crippen molar-refractivity contribution in [1.82, 2.24) is 10.2 Å². The molecule has 3 rings (SSSR count). The topological polar surface area (TPSA) is 15.3 Å². The van der Waals surface area contributed by atoms with Crippen LogP contribution in [0.5, 0.6) is 0 Å². The third-order valence-electron chi connectivity index (χ3n) is 4.22. The van der Waals surface area contributed by atoms with Crippen molar-refractivity contribution in [2.45, 2.75) is 44.6 Å². The monoisotopic (exact) mass is 194 g/mol. The normalized spacial score (nSPS) is 30.9. The molecule has 3 fully saturated rings. The minimum atomic E-state index is 0.791. The lowest BCUT2D eigenvalue weighted by Crippen LogP contribution is -2.56. The first-order valence-electron chi connectivity index (χ1n) is 6.32. The Bertz CT molecular complexity index is 196. The molecule has 0 atom stereocenters. The summed E-state index contributed by atoms with van der Waals surface area (Å²) >= 11 is 0. The van der Waals surface area contributed by atoms with Gasteiger partial charge < -0.3 is 10.2 Å². The molecule has 0 unspecified atom stereocenters. The van der Waals surface area contributed by atoms with Crippen LogP contribution in [-0.4, -0.2) is 37.1 Å². The first-order valence-corrected chi connectivity index (χ1v) is 6.32. The summed E-state index contributed by atoms with van der Waals surface area (Å²) in [5, 5.41) is 3.59. The highest BCUT2D eigenvalue weighted by atomic mass is 15.2. The van der Waals surface area contributed by atoms with Crippen molar-refractivity contribution in [3.05, 3.63) is 0 Å². The van der Waals surface area contributed by atoms with Gasteiger partial charge in [-0.05, 0) is 31.1 Å². The van der Waals surface area contributed by atoms with E-state index in [2.05, 4.69) is 10.2 Å².